The summed E-state index contributed by atoms with van der Waals surface area (Å²) in [6, 6.07) is 0. The molecule has 0 aromatic rings. The summed E-state index contributed by atoms with van der Waals surface area (Å²) < 4.78 is 31.4. The van der Waals surface area contributed by atoms with Crippen molar-refractivity contribution in [3.63, 3.8) is 0 Å². The topological polar surface area (TPSA) is 158 Å². The lowest BCUT2D eigenvalue weighted by atomic mass is 9.88. The van der Waals surface area contributed by atoms with Crippen molar-refractivity contribution in [2.24, 2.45) is 10.8 Å². The Bertz CT molecular complexity index is 885. The van der Waals surface area contributed by atoms with Gasteiger partial charge in [0.15, 0.2) is 0 Å². The van der Waals surface area contributed by atoms with Crippen LogP contribution >= 0.6 is 0 Å². The molecule has 0 aliphatic rings. The van der Waals surface area contributed by atoms with E-state index in [0.717, 1.165) is 24.3 Å². The molecule has 0 atom stereocenters. The van der Waals surface area contributed by atoms with Gasteiger partial charge >= 0.3 is 35.8 Å². The fraction of sp³-hybridized carbons (Fsp3) is 0.562. The lowest BCUT2D eigenvalue weighted by molar-refractivity contribution is -0.161. The summed E-state index contributed by atoms with van der Waals surface area (Å²) in [6.07, 6.45) is 7.44. The van der Waals surface area contributed by atoms with Crippen molar-refractivity contribution < 1.29 is 57.2 Å². The molecule has 0 saturated heterocycles. The maximum absolute atomic E-state index is 12.4. The average Bonchev–Trinajstić information content (AvgIpc) is 3.05. The Kier molecular flexibility index (Phi) is 20.2. The van der Waals surface area contributed by atoms with Crippen LogP contribution in [-0.2, 0) is 57.2 Å². The van der Waals surface area contributed by atoms with Gasteiger partial charge in [-0.2, -0.15) is 0 Å². The van der Waals surface area contributed by atoms with Crippen LogP contribution in [0.5, 0.6) is 0 Å². The maximum Gasteiger partial charge on any atom is 0.330 e. The minimum absolute atomic E-state index is 0.123. The summed E-state index contributed by atoms with van der Waals surface area (Å²) in [6.45, 7) is 16.2. The molecule has 0 aliphatic carbocycles. The van der Waals surface area contributed by atoms with Crippen molar-refractivity contribution in [2.75, 3.05) is 39.6 Å². The van der Waals surface area contributed by atoms with Gasteiger partial charge in [-0.15, -0.1) is 0 Å². The lowest BCUT2D eigenvalue weighted by Gasteiger charge is -2.30. The van der Waals surface area contributed by atoms with Gasteiger partial charge in [0.2, 0.25) is 0 Å². The first kappa shape index (κ1) is 39.8. The van der Waals surface area contributed by atoms with E-state index in [1.165, 1.54) is 0 Å². The Balaban J connectivity index is 4.66. The molecule has 0 heterocycles. The summed E-state index contributed by atoms with van der Waals surface area (Å²) in [5.74, 6) is -3.53. The minimum atomic E-state index is -0.927. The van der Waals surface area contributed by atoms with E-state index in [-0.39, 0.29) is 52.5 Å². The van der Waals surface area contributed by atoms with Gasteiger partial charge in [0, 0.05) is 37.1 Å². The summed E-state index contributed by atoms with van der Waals surface area (Å²) in [5.41, 5.74) is -1.85. The third-order valence-corrected chi connectivity index (χ3v) is 6.84. The number of hydrogen-bond donors (Lipinski definition) is 0. The number of carbonyl (C=O) groups excluding carboxylic acids is 6. The van der Waals surface area contributed by atoms with Crippen LogP contribution in [0.1, 0.15) is 65.2 Å². The highest BCUT2D eigenvalue weighted by molar-refractivity contribution is 5.82. The van der Waals surface area contributed by atoms with E-state index in [2.05, 4.69) is 26.3 Å². The minimum Gasteiger partial charge on any atom is -0.465 e. The number of ether oxygens (including phenoxy) is 6. The van der Waals surface area contributed by atoms with E-state index >= 15 is 0 Å². The van der Waals surface area contributed by atoms with Crippen LogP contribution in [0.25, 0.3) is 0 Å². The molecule has 0 amide bonds. The summed E-state index contributed by atoms with van der Waals surface area (Å²) >= 11 is 0. The Labute approximate surface area is 259 Å². The predicted molar refractivity (Wildman–Crippen MR) is 160 cm³/mol. The zero-order valence-electron chi connectivity index (χ0n) is 25.9. The smallest absolute Gasteiger partial charge is 0.330 e. The highest BCUT2D eigenvalue weighted by Gasteiger charge is 2.35. The normalized spacial score (nSPS) is 10.9. The van der Waals surface area contributed by atoms with Gasteiger partial charge in [0.1, 0.15) is 39.6 Å². The van der Waals surface area contributed by atoms with E-state index < -0.39 is 46.6 Å². The molecule has 44 heavy (non-hydrogen) atoms. The molecule has 0 aromatic carbocycles. The standard InChI is InChI=1S/C32H46O12/c1-7-25(33)39-19-31(11-5,20-40-26(34)8-2)23-43-29(37)17-15-13-14-16-18-30(38)44-24-32(12-6,21-41-27(35)9-3)22-42-28(36)10-4/h7-10H,1-4,11-24H2,5-6H3. The van der Waals surface area contributed by atoms with E-state index in [1.807, 2.05) is 0 Å². The lowest BCUT2D eigenvalue weighted by Crippen LogP contribution is -2.38. The van der Waals surface area contributed by atoms with Gasteiger partial charge in [0.25, 0.3) is 0 Å². The Hall–Kier alpha value is -4.22. The second kappa shape index (κ2) is 22.3. The van der Waals surface area contributed by atoms with E-state index in [1.54, 1.807) is 13.8 Å². The van der Waals surface area contributed by atoms with Gasteiger partial charge in [-0.05, 0) is 25.7 Å². The molecule has 0 saturated carbocycles. The zero-order chi connectivity index (χ0) is 33.4. The molecule has 12 heteroatoms. The summed E-state index contributed by atoms with van der Waals surface area (Å²) in [4.78, 5) is 70.9. The van der Waals surface area contributed by atoms with Crippen LogP contribution < -0.4 is 0 Å². The first-order chi connectivity index (χ1) is 20.9. The molecule has 0 spiro atoms. The molecule has 246 valence electrons. The molecular weight excluding hydrogens is 576 g/mol. The quantitative estimate of drug-likeness (QED) is 0.0622. The summed E-state index contributed by atoms with van der Waals surface area (Å²) in [7, 11) is 0. The molecular formula is C32H46O12. The zero-order valence-corrected chi connectivity index (χ0v) is 25.9. The second-order valence-electron chi connectivity index (χ2n) is 10.2. The second-order valence-corrected chi connectivity index (χ2v) is 10.2. The first-order valence-electron chi connectivity index (χ1n) is 14.4. The van der Waals surface area contributed by atoms with Gasteiger partial charge in [-0.3, -0.25) is 9.59 Å². The van der Waals surface area contributed by atoms with Gasteiger partial charge in [-0.1, -0.05) is 53.0 Å². The Morgan fingerprint density at radius 3 is 0.932 bits per heavy atom. The first-order valence-corrected chi connectivity index (χ1v) is 14.4. The van der Waals surface area contributed by atoms with Crippen molar-refractivity contribution in [3.8, 4) is 0 Å². The number of unbranched alkanes of at least 4 members (excludes halogenated alkanes) is 3. The maximum atomic E-state index is 12.4. The Morgan fingerprint density at radius 1 is 0.455 bits per heavy atom. The van der Waals surface area contributed by atoms with Crippen molar-refractivity contribution in [1.82, 2.24) is 0 Å². The third-order valence-electron chi connectivity index (χ3n) is 6.84. The van der Waals surface area contributed by atoms with Crippen LogP contribution in [0, 0.1) is 10.8 Å². The SMILES string of the molecule is C=CC(=O)OCC(CC)(COC(=O)C=C)COC(=O)CCCCCCC(=O)OCC(CC)(COC(=O)C=C)COC(=O)C=C. The van der Waals surface area contributed by atoms with Crippen molar-refractivity contribution in [1.29, 1.82) is 0 Å². The average molecular weight is 623 g/mol. The fourth-order valence-electron chi connectivity index (χ4n) is 3.50. The monoisotopic (exact) mass is 622 g/mol. The molecule has 12 nitrogen and oxygen atoms in total. The molecule has 0 aromatic heterocycles. The van der Waals surface area contributed by atoms with Gasteiger partial charge in [-0.25, -0.2) is 19.2 Å². The fourth-order valence-corrected chi connectivity index (χ4v) is 3.50. The molecule has 0 bridgehead atoms. The molecule has 0 unspecified atom stereocenters. The van der Waals surface area contributed by atoms with Gasteiger partial charge in [0.05, 0.1) is 10.8 Å². The van der Waals surface area contributed by atoms with Crippen LogP contribution in [0.4, 0.5) is 0 Å². The highest BCUT2D eigenvalue weighted by atomic mass is 16.6. The van der Waals surface area contributed by atoms with E-state index in [9.17, 15) is 28.8 Å². The molecule has 0 aliphatic heterocycles. The number of carbonyl (C=O) groups is 6. The van der Waals surface area contributed by atoms with E-state index in [0.29, 0.717) is 38.5 Å². The predicted octanol–water partition coefficient (Wildman–Crippen LogP) is 4.12. The Morgan fingerprint density at radius 2 is 0.705 bits per heavy atom. The van der Waals surface area contributed by atoms with Crippen LogP contribution in [-0.4, -0.2) is 75.5 Å². The van der Waals surface area contributed by atoms with Crippen LogP contribution in [0.15, 0.2) is 50.6 Å². The molecule has 0 rings (SSSR count). The third kappa shape index (κ3) is 17.0. The largest absolute Gasteiger partial charge is 0.465 e. The van der Waals surface area contributed by atoms with E-state index in [4.69, 9.17) is 28.4 Å². The van der Waals surface area contributed by atoms with Gasteiger partial charge < -0.3 is 28.4 Å². The van der Waals surface area contributed by atoms with Crippen molar-refractivity contribution in [2.45, 2.75) is 65.2 Å². The number of rotatable bonds is 25. The van der Waals surface area contributed by atoms with Crippen molar-refractivity contribution in [3.05, 3.63) is 50.6 Å². The van der Waals surface area contributed by atoms with Crippen LogP contribution in [0.3, 0.4) is 0 Å². The summed E-state index contributed by atoms with van der Waals surface area (Å²) in [5, 5.41) is 0. The number of hydrogen-bond acceptors (Lipinski definition) is 12. The molecule has 0 radical (unpaired) electrons. The highest BCUT2D eigenvalue weighted by Crippen LogP contribution is 2.26. The number of esters is 6. The molecule has 0 N–H and O–H groups in total. The van der Waals surface area contributed by atoms with Crippen molar-refractivity contribution >= 4 is 35.8 Å². The van der Waals surface area contributed by atoms with Crippen LogP contribution in [0.2, 0.25) is 0 Å². The molecule has 0 fully saturated rings.